The number of esters is 1. The standard InChI is InChI=1S/C20H26O3/c1-6-22-18(21)20(5,14-17-8-7-13-23-17)16-11-9-15(10-12-16)19(2,3)4/h7-13H,6,14H2,1-5H3. The van der Waals surface area contributed by atoms with Gasteiger partial charge in [0.2, 0.25) is 0 Å². The molecule has 0 saturated carbocycles. The van der Waals surface area contributed by atoms with Crippen LogP contribution in [0.15, 0.2) is 47.1 Å². The second-order valence-corrected chi connectivity index (χ2v) is 7.14. The molecule has 0 bridgehead atoms. The van der Waals surface area contributed by atoms with Crippen molar-refractivity contribution < 1.29 is 13.9 Å². The Balaban J connectivity index is 2.38. The van der Waals surface area contributed by atoms with Gasteiger partial charge in [0.1, 0.15) is 5.76 Å². The minimum Gasteiger partial charge on any atom is -0.469 e. The molecule has 1 aromatic heterocycles. The Morgan fingerprint density at radius 1 is 1.04 bits per heavy atom. The van der Waals surface area contributed by atoms with Gasteiger partial charge in [0.25, 0.3) is 0 Å². The molecule has 0 radical (unpaired) electrons. The summed E-state index contributed by atoms with van der Waals surface area (Å²) in [4.78, 5) is 12.6. The van der Waals surface area contributed by atoms with Crippen LogP contribution in [0.4, 0.5) is 0 Å². The predicted octanol–water partition coefficient (Wildman–Crippen LogP) is 4.64. The zero-order valence-corrected chi connectivity index (χ0v) is 14.7. The fourth-order valence-electron chi connectivity index (χ4n) is 2.68. The highest BCUT2D eigenvalue weighted by molar-refractivity contribution is 5.83. The average Bonchev–Trinajstić information content (AvgIpc) is 2.99. The largest absolute Gasteiger partial charge is 0.469 e. The van der Waals surface area contributed by atoms with Crippen LogP contribution in [0.25, 0.3) is 0 Å². The number of hydrogen-bond acceptors (Lipinski definition) is 3. The number of carbonyl (C=O) groups excluding carboxylic acids is 1. The molecule has 124 valence electrons. The van der Waals surface area contributed by atoms with Gasteiger partial charge in [0.05, 0.1) is 18.3 Å². The zero-order chi connectivity index (χ0) is 17.1. The minimum atomic E-state index is -0.760. The maximum absolute atomic E-state index is 12.6. The highest BCUT2D eigenvalue weighted by atomic mass is 16.5. The number of hydrogen-bond donors (Lipinski definition) is 0. The summed E-state index contributed by atoms with van der Waals surface area (Å²) in [5.74, 6) is 0.556. The fourth-order valence-corrected chi connectivity index (χ4v) is 2.68. The molecule has 1 aromatic carbocycles. The zero-order valence-electron chi connectivity index (χ0n) is 14.7. The van der Waals surface area contributed by atoms with Gasteiger partial charge in [-0.05, 0) is 42.5 Å². The van der Waals surface area contributed by atoms with E-state index >= 15 is 0 Å². The van der Waals surface area contributed by atoms with Crippen molar-refractivity contribution >= 4 is 5.97 Å². The van der Waals surface area contributed by atoms with Gasteiger partial charge in [0.15, 0.2) is 0 Å². The first-order valence-corrected chi connectivity index (χ1v) is 8.08. The van der Waals surface area contributed by atoms with Crippen molar-refractivity contribution in [1.29, 1.82) is 0 Å². The SMILES string of the molecule is CCOC(=O)C(C)(Cc1ccco1)c1ccc(C(C)(C)C)cc1. The van der Waals surface area contributed by atoms with Crippen LogP contribution in [0.5, 0.6) is 0 Å². The Hall–Kier alpha value is -2.03. The first-order chi connectivity index (χ1) is 10.8. The molecule has 0 aliphatic carbocycles. The van der Waals surface area contributed by atoms with Gasteiger partial charge in [-0.15, -0.1) is 0 Å². The maximum Gasteiger partial charge on any atom is 0.316 e. The first kappa shape index (κ1) is 17.3. The van der Waals surface area contributed by atoms with Crippen molar-refractivity contribution in [3.8, 4) is 0 Å². The second-order valence-electron chi connectivity index (χ2n) is 7.14. The lowest BCUT2D eigenvalue weighted by Crippen LogP contribution is -2.36. The molecule has 1 atom stereocenters. The molecule has 0 aliphatic heterocycles. The van der Waals surface area contributed by atoms with Crippen LogP contribution in [0.2, 0.25) is 0 Å². The summed E-state index contributed by atoms with van der Waals surface area (Å²) in [6.07, 6.45) is 2.11. The normalized spacial score (nSPS) is 14.3. The van der Waals surface area contributed by atoms with Crippen molar-refractivity contribution in [3.05, 3.63) is 59.5 Å². The van der Waals surface area contributed by atoms with Crippen LogP contribution in [-0.2, 0) is 26.8 Å². The van der Waals surface area contributed by atoms with E-state index in [0.717, 1.165) is 11.3 Å². The molecule has 3 nitrogen and oxygen atoms in total. The molecule has 0 aliphatic rings. The lowest BCUT2D eigenvalue weighted by atomic mass is 9.77. The molecule has 2 aromatic rings. The van der Waals surface area contributed by atoms with E-state index in [1.165, 1.54) is 5.56 Å². The van der Waals surface area contributed by atoms with Crippen LogP contribution < -0.4 is 0 Å². The topological polar surface area (TPSA) is 39.4 Å². The molecule has 2 rings (SSSR count). The van der Waals surface area contributed by atoms with Crippen LogP contribution in [-0.4, -0.2) is 12.6 Å². The summed E-state index contributed by atoms with van der Waals surface area (Å²) in [5, 5.41) is 0. The highest BCUT2D eigenvalue weighted by Crippen LogP contribution is 2.32. The summed E-state index contributed by atoms with van der Waals surface area (Å²) in [5.41, 5.74) is 1.51. The van der Waals surface area contributed by atoms with E-state index < -0.39 is 5.41 Å². The highest BCUT2D eigenvalue weighted by Gasteiger charge is 2.38. The molecule has 0 amide bonds. The molecule has 1 unspecified atom stereocenters. The van der Waals surface area contributed by atoms with Crippen molar-refractivity contribution in [2.24, 2.45) is 0 Å². The van der Waals surface area contributed by atoms with Gasteiger partial charge in [-0.3, -0.25) is 4.79 Å². The molecular formula is C20H26O3. The molecule has 3 heteroatoms. The lowest BCUT2D eigenvalue weighted by Gasteiger charge is -2.28. The monoisotopic (exact) mass is 314 g/mol. The van der Waals surface area contributed by atoms with Gasteiger partial charge in [-0.1, -0.05) is 45.0 Å². The van der Waals surface area contributed by atoms with Crippen LogP contribution in [0.1, 0.15) is 51.5 Å². The Morgan fingerprint density at radius 2 is 1.65 bits per heavy atom. The van der Waals surface area contributed by atoms with E-state index in [2.05, 4.69) is 32.9 Å². The minimum absolute atomic E-state index is 0.0832. The van der Waals surface area contributed by atoms with Crippen LogP contribution >= 0.6 is 0 Å². The molecule has 0 N–H and O–H groups in total. The Morgan fingerprint density at radius 3 is 2.13 bits per heavy atom. The Bertz CT molecular complexity index is 633. The number of ether oxygens (including phenoxy) is 1. The summed E-state index contributed by atoms with van der Waals surface area (Å²) < 4.78 is 10.8. The quantitative estimate of drug-likeness (QED) is 0.755. The summed E-state index contributed by atoms with van der Waals surface area (Å²) in [6, 6.07) is 12.0. The van der Waals surface area contributed by atoms with Crippen LogP contribution in [0.3, 0.4) is 0 Å². The molecule has 0 saturated heterocycles. The van der Waals surface area contributed by atoms with Crippen molar-refractivity contribution in [3.63, 3.8) is 0 Å². The molecular weight excluding hydrogens is 288 g/mol. The Labute approximate surface area is 138 Å². The van der Waals surface area contributed by atoms with E-state index in [0.29, 0.717) is 13.0 Å². The van der Waals surface area contributed by atoms with Crippen molar-refractivity contribution in [2.75, 3.05) is 6.61 Å². The number of benzene rings is 1. The van der Waals surface area contributed by atoms with Gasteiger partial charge < -0.3 is 9.15 Å². The molecule has 23 heavy (non-hydrogen) atoms. The van der Waals surface area contributed by atoms with Crippen molar-refractivity contribution in [1.82, 2.24) is 0 Å². The van der Waals surface area contributed by atoms with E-state index in [1.807, 2.05) is 38.1 Å². The second kappa shape index (κ2) is 6.61. The van der Waals surface area contributed by atoms with Crippen molar-refractivity contribution in [2.45, 2.75) is 51.9 Å². The Kier molecular flexibility index (Phi) is 4.98. The average molecular weight is 314 g/mol. The molecule has 1 heterocycles. The van der Waals surface area contributed by atoms with Gasteiger partial charge in [-0.2, -0.15) is 0 Å². The van der Waals surface area contributed by atoms with E-state index in [9.17, 15) is 4.79 Å². The molecule has 0 spiro atoms. The number of rotatable bonds is 5. The molecule has 0 fully saturated rings. The predicted molar refractivity (Wildman–Crippen MR) is 91.5 cm³/mol. The lowest BCUT2D eigenvalue weighted by molar-refractivity contribution is -0.149. The van der Waals surface area contributed by atoms with Crippen LogP contribution in [0, 0.1) is 0 Å². The van der Waals surface area contributed by atoms with Gasteiger partial charge in [-0.25, -0.2) is 0 Å². The summed E-state index contributed by atoms with van der Waals surface area (Å²) >= 11 is 0. The number of furan rings is 1. The van der Waals surface area contributed by atoms with Gasteiger partial charge in [0, 0.05) is 6.42 Å². The van der Waals surface area contributed by atoms with Gasteiger partial charge >= 0.3 is 5.97 Å². The third kappa shape index (κ3) is 3.84. The fraction of sp³-hybridized carbons (Fsp3) is 0.450. The number of carbonyl (C=O) groups is 1. The summed E-state index contributed by atoms with van der Waals surface area (Å²) in [7, 11) is 0. The first-order valence-electron chi connectivity index (χ1n) is 8.08. The third-order valence-electron chi connectivity index (χ3n) is 4.22. The van der Waals surface area contributed by atoms with E-state index in [1.54, 1.807) is 6.26 Å². The summed E-state index contributed by atoms with van der Waals surface area (Å²) in [6.45, 7) is 10.6. The van der Waals surface area contributed by atoms with E-state index in [4.69, 9.17) is 9.15 Å². The van der Waals surface area contributed by atoms with E-state index in [-0.39, 0.29) is 11.4 Å². The smallest absolute Gasteiger partial charge is 0.316 e. The maximum atomic E-state index is 12.6. The third-order valence-corrected chi connectivity index (χ3v) is 4.22.